The zero-order valence-electron chi connectivity index (χ0n) is 16.2. The summed E-state index contributed by atoms with van der Waals surface area (Å²) in [5.74, 6) is 0.588. The molecule has 4 rings (SSSR count). The lowest BCUT2D eigenvalue weighted by molar-refractivity contribution is -0.121. The first-order valence-corrected chi connectivity index (χ1v) is 9.60. The third-order valence-corrected chi connectivity index (χ3v) is 4.77. The second-order valence-electron chi connectivity index (χ2n) is 6.73. The van der Waals surface area contributed by atoms with Gasteiger partial charge >= 0.3 is 0 Å². The molecule has 7 heteroatoms. The predicted molar refractivity (Wildman–Crippen MR) is 111 cm³/mol. The van der Waals surface area contributed by atoms with Gasteiger partial charge in [0.25, 0.3) is 5.56 Å². The number of hydrogen-bond donors (Lipinski definition) is 1. The summed E-state index contributed by atoms with van der Waals surface area (Å²) in [6.45, 7) is 2.95. The molecule has 0 spiro atoms. The fraction of sp³-hybridized carbons (Fsp3) is 0.227. The minimum atomic E-state index is -0.287. The first kappa shape index (κ1) is 18.7. The highest BCUT2D eigenvalue weighted by Crippen LogP contribution is 2.16. The van der Waals surface area contributed by atoms with Gasteiger partial charge in [-0.15, -0.1) is 0 Å². The van der Waals surface area contributed by atoms with Gasteiger partial charge in [-0.05, 0) is 43.2 Å². The van der Waals surface area contributed by atoms with Gasteiger partial charge in [0.1, 0.15) is 24.1 Å². The molecule has 0 fully saturated rings. The molecule has 2 aromatic heterocycles. The van der Waals surface area contributed by atoms with Crippen molar-refractivity contribution >= 4 is 22.3 Å². The molecule has 0 unspecified atom stereocenters. The molecule has 0 aliphatic carbocycles. The number of benzene rings is 2. The number of aromatic nitrogens is 3. The summed E-state index contributed by atoms with van der Waals surface area (Å²) in [6, 6.07) is 17.3. The number of fused-ring (bicyclic) bond motifs is 3. The smallest absolute Gasteiger partial charge is 0.291 e. The number of nitrogens with zero attached hydrogens (tertiary/aromatic N) is 3. The van der Waals surface area contributed by atoms with Crippen LogP contribution < -0.4 is 15.6 Å². The highest BCUT2D eigenvalue weighted by molar-refractivity contribution is 5.86. The molecule has 0 saturated heterocycles. The van der Waals surface area contributed by atoms with Crippen LogP contribution in [-0.4, -0.2) is 33.2 Å². The fourth-order valence-corrected chi connectivity index (χ4v) is 3.33. The van der Waals surface area contributed by atoms with Crippen molar-refractivity contribution in [3.63, 3.8) is 0 Å². The molecule has 4 aromatic rings. The first-order valence-electron chi connectivity index (χ1n) is 9.60. The van der Waals surface area contributed by atoms with E-state index in [0.717, 1.165) is 22.2 Å². The Morgan fingerprint density at radius 1 is 1.10 bits per heavy atom. The van der Waals surface area contributed by atoms with Crippen molar-refractivity contribution in [3.05, 3.63) is 76.8 Å². The van der Waals surface area contributed by atoms with Crippen LogP contribution in [0.5, 0.6) is 5.75 Å². The van der Waals surface area contributed by atoms with E-state index in [2.05, 4.69) is 10.4 Å². The molecule has 0 saturated carbocycles. The first-order chi connectivity index (χ1) is 14.2. The normalized spacial score (nSPS) is 11.1. The lowest BCUT2D eigenvalue weighted by atomic mass is 10.1. The van der Waals surface area contributed by atoms with Crippen LogP contribution >= 0.6 is 0 Å². The van der Waals surface area contributed by atoms with Gasteiger partial charge in [-0.25, -0.2) is 4.68 Å². The Kier molecular flexibility index (Phi) is 5.29. The van der Waals surface area contributed by atoms with Crippen LogP contribution in [0.15, 0.2) is 65.7 Å². The van der Waals surface area contributed by atoms with E-state index in [4.69, 9.17) is 4.74 Å². The van der Waals surface area contributed by atoms with Crippen molar-refractivity contribution in [2.75, 3.05) is 13.2 Å². The summed E-state index contributed by atoms with van der Waals surface area (Å²) in [5, 5.41) is 7.96. The zero-order chi connectivity index (χ0) is 20.2. The SMILES string of the molecule is CCOc1ccc(CCNC(=O)Cn2ncn3c(cc4ccccc43)c2=O)cc1. The van der Waals surface area contributed by atoms with E-state index < -0.39 is 0 Å². The number of amides is 1. The van der Waals surface area contributed by atoms with E-state index in [1.807, 2.05) is 61.5 Å². The van der Waals surface area contributed by atoms with Crippen LogP contribution in [-0.2, 0) is 17.8 Å². The van der Waals surface area contributed by atoms with Crippen LogP contribution in [0.2, 0.25) is 0 Å². The molecule has 2 aromatic carbocycles. The Hall–Kier alpha value is -3.61. The lowest BCUT2D eigenvalue weighted by Crippen LogP contribution is -2.35. The summed E-state index contributed by atoms with van der Waals surface area (Å²) < 4.78 is 8.36. The third-order valence-electron chi connectivity index (χ3n) is 4.77. The van der Waals surface area contributed by atoms with E-state index in [0.29, 0.717) is 25.1 Å². The van der Waals surface area contributed by atoms with Crippen molar-refractivity contribution in [1.82, 2.24) is 19.5 Å². The Morgan fingerprint density at radius 2 is 1.90 bits per heavy atom. The van der Waals surface area contributed by atoms with E-state index in [1.165, 1.54) is 4.68 Å². The molecule has 0 aliphatic heterocycles. The molecule has 1 N–H and O–H groups in total. The van der Waals surface area contributed by atoms with E-state index in [9.17, 15) is 9.59 Å². The molecule has 2 heterocycles. The standard InChI is InChI=1S/C22H22N4O3/c1-2-29-18-9-7-16(8-10-18)11-12-23-21(27)14-26-22(28)20-13-17-5-3-4-6-19(17)25(20)15-24-26/h3-10,13,15H,2,11-12,14H2,1H3,(H,23,27). The number of ether oxygens (including phenoxy) is 1. The van der Waals surface area contributed by atoms with Crippen LogP contribution in [0.4, 0.5) is 0 Å². The van der Waals surface area contributed by atoms with Crippen LogP contribution in [0.25, 0.3) is 16.4 Å². The second-order valence-corrected chi connectivity index (χ2v) is 6.73. The number of hydrogen-bond acceptors (Lipinski definition) is 4. The Morgan fingerprint density at radius 3 is 2.69 bits per heavy atom. The van der Waals surface area contributed by atoms with Gasteiger partial charge in [0.05, 0.1) is 12.1 Å². The monoisotopic (exact) mass is 390 g/mol. The molecule has 148 valence electrons. The van der Waals surface area contributed by atoms with E-state index >= 15 is 0 Å². The predicted octanol–water partition coefficient (Wildman–Crippen LogP) is 2.41. The number of nitrogens with one attached hydrogen (secondary N) is 1. The van der Waals surface area contributed by atoms with Crippen LogP contribution in [0.1, 0.15) is 12.5 Å². The average Bonchev–Trinajstić information content (AvgIpc) is 3.11. The number of carbonyl (C=O) groups excluding carboxylic acids is 1. The number of rotatable bonds is 7. The molecule has 0 aliphatic rings. The fourth-order valence-electron chi connectivity index (χ4n) is 3.33. The average molecular weight is 390 g/mol. The summed E-state index contributed by atoms with van der Waals surface area (Å²) in [5.41, 5.74) is 2.23. The number of carbonyl (C=O) groups is 1. The largest absolute Gasteiger partial charge is 0.494 e. The van der Waals surface area contributed by atoms with Gasteiger partial charge in [0, 0.05) is 11.9 Å². The Labute approximate surface area is 167 Å². The minimum Gasteiger partial charge on any atom is -0.494 e. The summed E-state index contributed by atoms with van der Waals surface area (Å²) >= 11 is 0. The van der Waals surface area contributed by atoms with Gasteiger partial charge in [-0.1, -0.05) is 30.3 Å². The molecule has 29 heavy (non-hydrogen) atoms. The maximum atomic E-state index is 12.7. The van der Waals surface area contributed by atoms with Crippen molar-refractivity contribution < 1.29 is 9.53 Å². The Bertz CT molecular complexity index is 1210. The van der Waals surface area contributed by atoms with Gasteiger partial charge in [0.2, 0.25) is 5.91 Å². The Balaban J connectivity index is 1.39. The maximum Gasteiger partial charge on any atom is 0.291 e. The van der Waals surface area contributed by atoms with E-state index in [-0.39, 0.29) is 18.0 Å². The van der Waals surface area contributed by atoms with Crippen molar-refractivity contribution in [2.24, 2.45) is 0 Å². The van der Waals surface area contributed by atoms with Gasteiger partial charge in [-0.3, -0.25) is 14.0 Å². The van der Waals surface area contributed by atoms with Crippen LogP contribution in [0, 0.1) is 0 Å². The molecule has 0 radical (unpaired) electrons. The lowest BCUT2D eigenvalue weighted by Gasteiger charge is -2.08. The maximum absolute atomic E-state index is 12.7. The zero-order valence-corrected chi connectivity index (χ0v) is 16.2. The highest BCUT2D eigenvalue weighted by atomic mass is 16.5. The molecule has 0 bridgehead atoms. The van der Waals surface area contributed by atoms with Crippen molar-refractivity contribution in [1.29, 1.82) is 0 Å². The minimum absolute atomic E-state index is 0.111. The summed E-state index contributed by atoms with van der Waals surface area (Å²) in [7, 11) is 0. The number of para-hydroxylation sites is 1. The molecule has 7 nitrogen and oxygen atoms in total. The van der Waals surface area contributed by atoms with Gasteiger partial charge in [0.15, 0.2) is 0 Å². The van der Waals surface area contributed by atoms with Crippen LogP contribution in [0.3, 0.4) is 0 Å². The topological polar surface area (TPSA) is 77.6 Å². The third kappa shape index (κ3) is 3.99. The van der Waals surface area contributed by atoms with Gasteiger partial charge < -0.3 is 10.1 Å². The summed E-state index contributed by atoms with van der Waals surface area (Å²) in [4.78, 5) is 25.0. The van der Waals surface area contributed by atoms with Crippen molar-refractivity contribution in [3.8, 4) is 5.75 Å². The van der Waals surface area contributed by atoms with Gasteiger partial charge in [-0.2, -0.15) is 5.10 Å². The molecular formula is C22H22N4O3. The summed E-state index contributed by atoms with van der Waals surface area (Å²) in [6.07, 6.45) is 2.27. The van der Waals surface area contributed by atoms with Crippen molar-refractivity contribution in [2.45, 2.75) is 19.9 Å². The highest BCUT2D eigenvalue weighted by Gasteiger charge is 2.11. The van der Waals surface area contributed by atoms with E-state index in [1.54, 1.807) is 10.7 Å². The molecule has 1 amide bonds. The molecular weight excluding hydrogens is 368 g/mol. The quantitative estimate of drug-likeness (QED) is 0.526. The second kappa shape index (κ2) is 8.18. The molecule has 0 atom stereocenters.